The van der Waals surface area contributed by atoms with Gasteiger partial charge in [0.2, 0.25) is 0 Å². The molecule has 7 heteroatoms. The van der Waals surface area contributed by atoms with E-state index in [9.17, 15) is 9.90 Å². The van der Waals surface area contributed by atoms with E-state index in [1.165, 1.54) is 32.1 Å². The number of rotatable bonds is 7. The van der Waals surface area contributed by atoms with E-state index in [2.05, 4.69) is 10.2 Å². The summed E-state index contributed by atoms with van der Waals surface area (Å²) in [6.45, 7) is 2.98. The van der Waals surface area contributed by atoms with Crippen LogP contribution in [0.1, 0.15) is 61.1 Å². The van der Waals surface area contributed by atoms with Crippen LogP contribution in [0.4, 0.5) is 5.69 Å². The molecule has 2 aliphatic rings. The smallest absolute Gasteiger partial charge is 0.291 e. The molecule has 2 heterocycles. The van der Waals surface area contributed by atoms with Crippen LogP contribution in [0.3, 0.4) is 0 Å². The van der Waals surface area contributed by atoms with Crippen LogP contribution >= 0.6 is 0 Å². The number of hydrogen-bond acceptors (Lipinski definition) is 6. The van der Waals surface area contributed by atoms with Crippen molar-refractivity contribution in [3.05, 3.63) is 53.8 Å². The summed E-state index contributed by atoms with van der Waals surface area (Å²) in [7, 11) is 3.12. The highest BCUT2D eigenvalue weighted by Gasteiger charge is 2.35. The first-order valence-electron chi connectivity index (χ1n) is 13.0. The Morgan fingerprint density at radius 1 is 1.06 bits per heavy atom. The maximum absolute atomic E-state index is 12.9. The number of fused-ring (bicyclic) bond motifs is 1. The highest BCUT2D eigenvalue weighted by atomic mass is 16.5. The minimum Gasteiger partial charge on any atom is -0.497 e. The standard InChI is InChI=1S/C29H36N2O5/c1-34-23-9-11-26(35-2)24(18-23)30-28(32)27-17-21-16-22(8-10-25(21)36-27)29(33)12-14-31(15-13-29)19-20-6-4-3-5-7-20/h8-11,16-18,20,33H,3-7,12-15,19H2,1-2H3,(H,30,32). The lowest BCUT2D eigenvalue weighted by molar-refractivity contribution is -0.0296. The molecule has 1 amide bonds. The van der Waals surface area contributed by atoms with Crippen molar-refractivity contribution in [3.63, 3.8) is 0 Å². The number of aliphatic hydroxyl groups is 1. The molecule has 0 radical (unpaired) electrons. The SMILES string of the molecule is COc1ccc(OC)c(NC(=O)c2cc3cc(C4(O)CCN(CC5CCCCC5)CC4)ccc3o2)c1. The Kier molecular flexibility index (Phi) is 7.21. The molecule has 0 bridgehead atoms. The van der Waals surface area contributed by atoms with E-state index in [1.54, 1.807) is 38.5 Å². The van der Waals surface area contributed by atoms with Gasteiger partial charge in [-0.05, 0) is 67.5 Å². The number of ether oxygens (including phenoxy) is 2. The summed E-state index contributed by atoms with van der Waals surface area (Å²) in [4.78, 5) is 15.5. The molecule has 192 valence electrons. The number of nitrogens with zero attached hydrogens (tertiary/aromatic N) is 1. The van der Waals surface area contributed by atoms with E-state index >= 15 is 0 Å². The van der Waals surface area contributed by atoms with Gasteiger partial charge in [-0.25, -0.2) is 0 Å². The monoisotopic (exact) mass is 492 g/mol. The minimum atomic E-state index is -0.856. The van der Waals surface area contributed by atoms with Crippen molar-refractivity contribution in [2.24, 2.45) is 5.92 Å². The van der Waals surface area contributed by atoms with Crippen molar-refractivity contribution < 1.29 is 23.8 Å². The van der Waals surface area contributed by atoms with Crippen LogP contribution in [0, 0.1) is 5.92 Å². The molecular formula is C29H36N2O5. The zero-order valence-corrected chi connectivity index (χ0v) is 21.2. The predicted octanol–water partition coefficient (Wildman–Crippen LogP) is 5.57. The fourth-order valence-electron chi connectivity index (χ4n) is 5.67. The van der Waals surface area contributed by atoms with Crippen molar-refractivity contribution in [2.75, 3.05) is 39.2 Å². The van der Waals surface area contributed by atoms with Crippen LogP contribution in [0.15, 0.2) is 46.9 Å². The van der Waals surface area contributed by atoms with Gasteiger partial charge in [-0.3, -0.25) is 4.79 Å². The Labute approximate surface area is 212 Å². The van der Waals surface area contributed by atoms with Gasteiger partial charge >= 0.3 is 0 Å². The number of anilines is 1. The maximum Gasteiger partial charge on any atom is 0.291 e. The second-order valence-corrected chi connectivity index (χ2v) is 10.2. The predicted molar refractivity (Wildman–Crippen MR) is 140 cm³/mol. The van der Waals surface area contributed by atoms with Crippen molar-refractivity contribution in [2.45, 2.75) is 50.5 Å². The average Bonchev–Trinajstić information content (AvgIpc) is 3.34. The van der Waals surface area contributed by atoms with Gasteiger partial charge in [0, 0.05) is 31.1 Å². The molecule has 2 fully saturated rings. The first-order chi connectivity index (χ1) is 17.5. The number of benzene rings is 2. The molecular weight excluding hydrogens is 456 g/mol. The fourth-order valence-corrected chi connectivity index (χ4v) is 5.67. The van der Waals surface area contributed by atoms with Gasteiger partial charge in [0.05, 0.1) is 25.5 Å². The largest absolute Gasteiger partial charge is 0.497 e. The Balaban J connectivity index is 1.27. The molecule has 5 rings (SSSR count). The lowest BCUT2D eigenvalue weighted by Gasteiger charge is -2.40. The number of piperidine rings is 1. The lowest BCUT2D eigenvalue weighted by atomic mass is 9.83. The van der Waals surface area contributed by atoms with Gasteiger partial charge in [-0.1, -0.05) is 25.3 Å². The zero-order chi connectivity index (χ0) is 25.1. The Morgan fingerprint density at radius 2 is 1.83 bits per heavy atom. The zero-order valence-electron chi connectivity index (χ0n) is 21.2. The van der Waals surface area contributed by atoms with Crippen LogP contribution < -0.4 is 14.8 Å². The Bertz CT molecular complexity index is 1210. The summed E-state index contributed by atoms with van der Waals surface area (Å²) < 4.78 is 16.4. The molecule has 3 aromatic rings. The third-order valence-electron chi connectivity index (χ3n) is 7.86. The van der Waals surface area contributed by atoms with Crippen molar-refractivity contribution >= 4 is 22.6 Å². The van der Waals surface area contributed by atoms with Crippen LogP contribution in [0.5, 0.6) is 11.5 Å². The Hall–Kier alpha value is -3.03. The van der Waals surface area contributed by atoms with Crippen molar-refractivity contribution in [1.29, 1.82) is 0 Å². The number of hydrogen-bond donors (Lipinski definition) is 2. The van der Waals surface area contributed by atoms with Crippen LogP contribution in [-0.4, -0.2) is 49.8 Å². The van der Waals surface area contributed by atoms with E-state index in [0.717, 1.165) is 36.5 Å². The molecule has 2 N–H and O–H groups in total. The molecule has 36 heavy (non-hydrogen) atoms. The number of furan rings is 1. The third kappa shape index (κ3) is 5.22. The van der Waals surface area contributed by atoms with E-state index in [4.69, 9.17) is 13.9 Å². The normalized spacial score (nSPS) is 18.8. The summed E-state index contributed by atoms with van der Waals surface area (Å²) in [5, 5.41) is 15.1. The summed E-state index contributed by atoms with van der Waals surface area (Å²) in [5.41, 5.74) is 1.14. The average molecular weight is 493 g/mol. The number of methoxy groups -OCH3 is 2. The molecule has 1 aliphatic carbocycles. The lowest BCUT2D eigenvalue weighted by Crippen LogP contribution is -2.44. The summed E-state index contributed by atoms with van der Waals surface area (Å²) in [6.07, 6.45) is 8.22. The Morgan fingerprint density at radius 3 is 2.56 bits per heavy atom. The van der Waals surface area contributed by atoms with Crippen LogP contribution in [0.25, 0.3) is 11.0 Å². The van der Waals surface area contributed by atoms with E-state index < -0.39 is 5.60 Å². The third-order valence-corrected chi connectivity index (χ3v) is 7.86. The number of likely N-dealkylation sites (tertiary alicyclic amines) is 1. The maximum atomic E-state index is 12.9. The highest BCUT2D eigenvalue weighted by molar-refractivity contribution is 6.05. The van der Waals surface area contributed by atoms with Gasteiger partial charge in [0.25, 0.3) is 5.91 Å². The molecule has 1 aliphatic heterocycles. The quantitative estimate of drug-likeness (QED) is 0.449. The first kappa shape index (κ1) is 24.7. The molecule has 7 nitrogen and oxygen atoms in total. The molecule has 1 saturated heterocycles. The highest BCUT2D eigenvalue weighted by Crippen LogP contribution is 2.36. The van der Waals surface area contributed by atoms with Gasteiger partial charge < -0.3 is 29.2 Å². The van der Waals surface area contributed by atoms with E-state index in [0.29, 0.717) is 35.6 Å². The first-order valence-corrected chi connectivity index (χ1v) is 13.0. The van der Waals surface area contributed by atoms with Gasteiger partial charge in [-0.15, -0.1) is 0 Å². The molecule has 0 spiro atoms. The van der Waals surface area contributed by atoms with E-state index in [-0.39, 0.29) is 11.7 Å². The van der Waals surface area contributed by atoms with Crippen LogP contribution in [-0.2, 0) is 5.60 Å². The molecule has 1 aromatic heterocycles. The molecule has 2 aromatic carbocycles. The van der Waals surface area contributed by atoms with E-state index in [1.807, 2.05) is 18.2 Å². The summed E-state index contributed by atoms with van der Waals surface area (Å²) >= 11 is 0. The summed E-state index contributed by atoms with van der Waals surface area (Å²) in [5.74, 6) is 1.77. The second kappa shape index (κ2) is 10.5. The number of nitrogens with one attached hydrogen (secondary N) is 1. The van der Waals surface area contributed by atoms with Gasteiger partial charge in [0.1, 0.15) is 17.1 Å². The van der Waals surface area contributed by atoms with Gasteiger partial charge in [-0.2, -0.15) is 0 Å². The van der Waals surface area contributed by atoms with Crippen LogP contribution in [0.2, 0.25) is 0 Å². The number of carbonyl (C=O) groups is 1. The minimum absolute atomic E-state index is 0.196. The number of carbonyl (C=O) groups excluding carboxylic acids is 1. The van der Waals surface area contributed by atoms with Crippen molar-refractivity contribution in [3.8, 4) is 11.5 Å². The van der Waals surface area contributed by atoms with Crippen molar-refractivity contribution in [1.82, 2.24) is 4.90 Å². The second-order valence-electron chi connectivity index (χ2n) is 10.2. The number of amides is 1. The topological polar surface area (TPSA) is 84.2 Å². The van der Waals surface area contributed by atoms with Gasteiger partial charge in [0.15, 0.2) is 5.76 Å². The molecule has 0 atom stereocenters. The fraction of sp³-hybridized carbons (Fsp3) is 0.483. The molecule has 0 unspecified atom stereocenters. The summed E-state index contributed by atoms with van der Waals surface area (Å²) in [6, 6.07) is 12.7. The molecule has 1 saturated carbocycles.